The summed E-state index contributed by atoms with van der Waals surface area (Å²) in [6.07, 6.45) is 2.77. The van der Waals surface area contributed by atoms with Crippen LogP contribution in [0.25, 0.3) is 0 Å². The summed E-state index contributed by atoms with van der Waals surface area (Å²) in [5, 5.41) is 0.747. The van der Waals surface area contributed by atoms with Crippen LogP contribution in [0, 0.1) is 13.8 Å². The van der Waals surface area contributed by atoms with E-state index in [-0.39, 0.29) is 19.0 Å². The smallest absolute Gasteiger partial charge is 0.306 e. The van der Waals surface area contributed by atoms with E-state index in [4.69, 9.17) is 14.2 Å². The van der Waals surface area contributed by atoms with Crippen LogP contribution in [0.15, 0.2) is 23.4 Å². The highest BCUT2D eigenvalue weighted by Crippen LogP contribution is 2.25. The molecule has 0 amide bonds. The molecule has 0 bridgehead atoms. The minimum absolute atomic E-state index is 0.138. The van der Waals surface area contributed by atoms with E-state index in [1.807, 2.05) is 20.1 Å². The fourth-order valence-electron chi connectivity index (χ4n) is 2.61. The molecule has 0 saturated carbocycles. The lowest BCUT2D eigenvalue weighted by molar-refractivity contribution is -0.144. The highest BCUT2D eigenvalue weighted by molar-refractivity contribution is 7.98. The zero-order valence-corrected chi connectivity index (χ0v) is 16.6. The SMILES string of the molecule is COc1ccc(OC)c(COC(=O)CCc2c(C)nc(SC)nc2C)c1. The van der Waals surface area contributed by atoms with E-state index in [2.05, 4.69) is 9.97 Å². The van der Waals surface area contributed by atoms with E-state index in [1.165, 1.54) is 11.8 Å². The van der Waals surface area contributed by atoms with Crippen LogP contribution in [0.3, 0.4) is 0 Å². The van der Waals surface area contributed by atoms with Gasteiger partial charge in [0, 0.05) is 23.4 Å². The molecule has 0 aliphatic carbocycles. The number of methoxy groups -OCH3 is 2. The Hall–Kier alpha value is -2.28. The number of aromatic nitrogens is 2. The van der Waals surface area contributed by atoms with E-state index in [0.717, 1.165) is 27.7 Å². The number of rotatable bonds is 8. The van der Waals surface area contributed by atoms with Gasteiger partial charge in [-0.15, -0.1) is 0 Å². The van der Waals surface area contributed by atoms with Crippen LogP contribution in [-0.2, 0) is 22.6 Å². The minimum Gasteiger partial charge on any atom is -0.497 e. The van der Waals surface area contributed by atoms with Gasteiger partial charge in [-0.05, 0) is 50.3 Å². The second-order valence-corrected chi connectivity index (χ2v) is 6.47. The molecule has 1 aromatic heterocycles. The average Bonchev–Trinajstić information content (AvgIpc) is 2.65. The standard InChI is InChI=1S/C19H24N2O4S/c1-12-16(13(2)21-19(20-12)26-5)7-9-18(22)25-11-14-10-15(23-3)6-8-17(14)24-4/h6,8,10H,7,9,11H2,1-5H3. The summed E-state index contributed by atoms with van der Waals surface area (Å²) in [4.78, 5) is 21.0. The Morgan fingerprint density at radius 3 is 2.38 bits per heavy atom. The number of hydrogen-bond acceptors (Lipinski definition) is 7. The number of aryl methyl sites for hydroxylation is 2. The Balaban J connectivity index is 1.96. The third-order valence-corrected chi connectivity index (χ3v) is 4.59. The fraction of sp³-hybridized carbons (Fsp3) is 0.421. The maximum absolute atomic E-state index is 12.2. The molecule has 0 aliphatic rings. The van der Waals surface area contributed by atoms with Crippen LogP contribution in [-0.4, -0.2) is 36.4 Å². The maximum atomic E-state index is 12.2. The molecule has 0 spiro atoms. The van der Waals surface area contributed by atoms with Crippen molar-refractivity contribution in [3.8, 4) is 11.5 Å². The summed E-state index contributed by atoms with van der Waals surface area (Å²) in [5.41, 5.74) is 3.58. The van der Waals surface area contributed by atoms with Gasteiger partial charge in [-0.1, -0.05) is 11.8 Å². The van der Waals surface area contributed by atoms with Gasteiger partial charge in [0.15, 0.2) is 5.16 Å². The van der Waals surface area contributed by atoms with Crippen LogP contribution in [0.1, 0.15) is 28.9 Å². The molecule has 0 fully saturated rings. The largest absolute Gasteiger partial charge is 0.497 e. The molecule has 0 radical (unpaired) electrons. The van der Waals surface area contributed by atoms with Gasteiger partial charge in [0.2, 0.25) is 0 Å². The predicted octanol–water partition coefficient (Wildman–Crippen LogP) is 3.51. The zero-order valence-electron chi connectivity index (χ0n) is 15.8. The number of ether oxygens (including phenoxy) is 3. The van der Waals surface area contributed by atoms with Crippen LogP contribution in [0.5, 0.6) is 11.5 Å². The van der Waals surface area contributed by atoms with E-state index < -0.39 is 0 Å². The number of carbonyl (C=O) groups excluding carboxylic acids is 1. The molecule has 0 unspecified atom stereocenters. The van der Waals surface area contributed by atoms with Gasteiger partial charge < -0.3 is 14.2 Å². The highest BCUT2D eigenvalue weighted by atomic mass is 32.2. The summed E-state index contributed by atoms with van der Waals surface area (Å²) in [5.74, 6) is 1.07. The molecule has 6 nitrogen and oxygen atoms in total. The van der Waals surface area contributed by atoms with Crippen LogP contribution in [0.4, 0.5) is 0 Å². The number of esters is 1. The van der Waals surface area contributed by atoms with Crippen molar-refractivity contribution in [2.45, 2.75) is 38.5 Å². The molecule has 1 aromatic carbocycles. The Morgan fingerprint density at radius 2 is 1.81 bits per heavy atom. The van der Waals surface area contributed by atoms with Crippen molar-refractivity contribution in [3.05, 3.63) is 40.7 Å². The number of hydrogen-bond donors (Lipinski definition) is 0. The second-order valence-electron chi connectivity index (χ2n) is 5.70. The summed E-state index contributed by atoms with van der Waals surface area (Å²) < 4.78 is 15.9. The molecular formula is C19H24N2O4S. The molecule has 0 atom stereocenters. The van der Waals surface area contributed by atoms with Crippen molar-refractivity contribution in [2.75, 3.05) is 20.5 Å². The van der Waals surface area contributed by atoms with E-state index in [1.54, 1.807) is 32.4 Å². The Labute approximate surface area is 158 Å². The lowest BCUT2D eigenvalue weighted by Gasteiger charge is -2.12. The molecule has 26 heavy (non-hydrogen) atoms. The topological polar surface area (TPSA) is 70.5 Å². The molecule has 1 heterocycles. The Bertz CT molecular complexity index is 757. The third-order valence-electron chi connectivity index (χ3n) is 4.04. The number of thioether (sulfide) groups is 1. The molecule has 2 aromatic rings. The zero-order chi connectivity index (χ0) is 19.1. The van der Waals surface area contributed by atoms with Gasteiger partial charge in [0.1, 0.15) is 18.1 Å². The molecule has 140 valence electrons. The van der Waals surface area contributed by atoms with Crippen LogP contribution >= 0.6 is 11.8 Å². The Kier molecular flexibility index (Phi) is 7.26. The van der Waals surface area contributed by atoms with Crippen molar-refractivity contribution >= 4 is 17.7 Å². The van der Waals surface area contributed by atoms with Crippen molar-refractivity contribution in [3.63, 3.8) is 0 Å². The third kappa shape index (κ3) is 5.11. The van der Waals surface area contributed by atoms with Crippen molar-refractivity contribution < 1.29 is 19.0 Å². The van der Waals surface area contributed by atoms with Gasteiger partial charge >= 0.3 is 5.97 Å². The first kappa shape index (κ1) is 20.0. The van der Waals surface area contributed by atoms with Gasteiger partial charge in [-0.3, -0.25) is 4.79 Å². The molecule has 0 N–H and O–H groups in total. The van der Waals surface area contributed by atoms with E-state index in [9.17, 15) is 4.79 Å². The van der Waals surface area contributed by atoms with Crippen molar-refractivity contribution in [2.24, 2.45) is 0 Å². The lowest BCUT2D eigenvalue weighted by Crippen LogP contribution is -2.09. The van der Waals surface area contributed by atoms with E-state index in [0.29, 0.717) is 17.9 Å². The molecular weight excluding hydrogens is 352 g/mol. The average molecular weight is 376 g/mol. The summed E-state index contributed by atoms with van der Waals surface area (Å²) in [7, 11) is 3.17. The van der Waals surface area contributed by atoms with Gasteiger partial charge in [0.25, 0.3) is 0 Å². The van der Waals surface area contributed by atoms with Gasteiger partial charge in [-0.25, -0.2) is 9.97 Å². The number of carbonyl (C=O) groups is 1. The lowest BCUT2D eigenvalue weighted by atomic mass is 10.1. The second kappa shape index (κ2) is 9.43. The van der Waals surface area contributed by atoms with Crippen LogP contribution in [0.2, 0.25) is 0 Å². The fourth-order valence-corrected chi connectivity index (χ4v) is 3.07. The summed E-state index contributed by atoms with van der Waals surface area (Å²) in [6, 6.07) is 5.39. The van der Waals surface area contributed by atoms with Crippen molar-refractivity contribution in [1.29, 1.82) is 0 Å². The van der Waals surface area contributed by atoms with E-state index >= 15 is 0 Å². The van der Waals surface area contributed by atoms with Crippen LogP contribution < -0.4 is 9.47 Å². The summed E-state index contributed by atoms with van der Waals surface area (Å²) >= 11 is 1.51. The summed E-state index contributed by atoms with van der Waals surface area (Å²) in [6.45, 7) is 4.02. The molecule has 0 aliphatic heterocycles. The maximum Gasteiger partial charge on any atom is 0.306 e. The first-order valence-electron chi connectivity index (χ1n) is 8.23. The quantitative estimate of drug-likeness (QED) is 0.397. The molecule has 7 heteroatoms. The number of nitrogens with zero attached hydrogens (tertiary/aromatic N) is 2. The first-order chi connectivity index (χ1) is 12.5. The predicted molar refractivity (Wildman–Crippen MR) is 101 cm³/mol. The molecule has 2 rings (SSSR count). The first-order valence-corrected chi connectivity index (χ1v) is 9.45. The monoisotopic (exact) mass is 376 g/mol. The number of benzene rings is 1. The normalized spacial score (nSPS) is 10.5. The Morgan fingerprint density at radius 1 is 1.12 bits per heavy atom. The molecule has 0 saturated heterocycles. The minimum atomic E-state index is -0.275. The highest BCUT2D eigenvalue weighted by Gasteiger charge is 2.13. The van der Waals surface area contributed by atoms with Gasteiger partial charge in [-0.2, -0.15) is 0 Å². The van der Waals surface area contributed by atoms with Crippen molar-refractivity contribution in [1.82, 2.24) is 9.97 Å². The van der Waals surface area contributed by atoms with Gasteiger partial charge in [0.05, 0.1) is 14.2 Å².